The third-order valence-electron chi connectivity index (χ3n) is 3.28. The molecule has 0 fully saturated rings. The lowest BCUT2D eigenvalue weighted by molar-refractivity contribution is 0.174. The minimum atomic E-state index is -0.766. The first-order valence-corrected chi connectivity index (χ1v) is 7.47. The number of ether oxygens (including phenoxy) is 1. The summed E-state index contributed by atoms with van der Waals surface area (Å²) in [6.45, 7) is 0.684. The number of aliphatic hydroxyl groups is 1. The predicted molar refractivity (Wildman–Crippen MR) is 87.8 cm³/mol. The first-order valence-electron chi connectivity index (χ1n) is 6.71. The highest BCUT2D eigenvalue weighted by atomic mass is 35.5. The molecule has 1 unspecified atom stereocenters. The largest absolute Gasteiger partial charge is 0.504 e. The summed E-state index contributed by atoms with van der Waals surface area (Å²) in [7, 11) is 1.50. The Morgan fingerprint density at radius 3 is 2.68 bits per heavy atom. The molecule has 0 bridgehead atoms. The van der Waals surface area contributed by atoms with Gasteiger partial charge in [-0.25, -0.2) is 0 Å². The van der Waals surface area contributed by atoms with Crippen LogP contribution in [0.3, 0.4) is 0 Å². The molecule has 0 saturated heterocycles. The van der Waals surface area contributed by atoms with Crippen molar-refractivity contribution in [3.63, 3.8) is 0 Å². The van der Waals surface area contributed by atoms with Crippen LogP contribution in [-0.4, -0.2) is 23.9 Å². The van der Waals surface area contributed by atoms with E-state index in [0.717, 1.165) is 0 Å². The molecule has 2 rings (SSSR count). The van der Waals surface area contributed by atoms with E-state index in [9.17, 15) is 10.2 Å². The fourth-order valence-electron chi connectivity index (χ4n) is 2.10. The van der Waals surface area contributed by atoms with Gasteiger partial charge < -0.3 is 20.3 Å². The lowest BCUT2D eigenvalue weighted by Crippen LogP contribution is -2.21. The molecule has 2 aromatic rings. The summed E-state index contributed by atoms with van der Waals surface area (Å²) < 4.78 is 5.05. The van der Waals surface area contributed by atoms with Gasteiger partial charge in [-0.2, -0.15) is 0 Å². The summed E-state index contributed by atoms with van der Waals surface area (Å²) in [5.74, 6) is 0.511. The molecule has 3 N–H and O–H groups in total. The van der Waals surface area contributed by atoms with Crippen LogP contribution in [0.15, 0.2) is 36.4 Å². The van der Waals surface area contributed by atoms with Crippen molar-refractivity contribution in [1.82, 2.24) is 5.32 Å². The van der Waals surface area contributed by atoms with Gasteiger partial charge in [-0.3, -0.25) is 0 Å². The quantitative estimate of drug-likeness (QED) is 0.752. The Morgan fingerprint density at radius 1 is 1.23 bits per heavy atom. The topological polar surface area (TPSA) is 61.7 Å². The zero-order valence-electron chi connectivity index (χ0n) is 12.0. The van der Waals surface area contributed by atoms with E-state index in [2.05, 4.69) is 5.32 Å². The van der Waals surface area contributed by atoms with Gasteiger partial charge >= 0.3 is 0 Å². The Kier molecular flexibility index (Phi) is 5.91. The number of hydrogen-bond donors (Lipinski definition) is 3. The second kappa shape index (κ2) is 7.70. The summed E-state index contributed by atoms with van der Waals surface area (Å²) >= 11 is 11.9. The normalized spacial score (nSPS) is 12.2. The molecule has 118 valence electrons. The van der Waals surface area contributed by atoms with Gasteiger partial charge in [-0.15, -0.1) is 0 Å². The van der Waals surface area contributed by atoms with Crippen molar-refractivity contribution in [2.24, 2.45) is 0 Å². The molecule has 0 amide bonds. The highest BCUT2D eigenvalue weighted by Gasteiger charge is 2.12. The van der Waals surface area contributed by atoms with Crippen LogP contribution < -0.4 is 10.1 Å². The van der Waals surface area contributed by atoms with Crippen LogP contribution in [0.25, 0.3) is 0 Å². The molecule has 0 aliphatic heterocycles. The van der Waals surface area contributed by atoms with Crippen molar-refractivity contribution in [3.05, 3.63) is 57.6 Å². The average Bonchev–Trinajstić information content (AvgIpc) is 2.48. The van der Waals surface area contributed by atoms with E-state index in [-0.39, 0.29) is 12.3 Å². The number of methoxy groups -OCH3 is 1. The third-order valence-corrected chi connectivity index (χ3v) is 3.84. The van der Waals surface area contributed by atoms with E-state index >= 15 is 0 Å². The first kappa shape index (κ1) is 16.9. The maximum Gasteiger partial charge on any atom is 0.162 e. The van der Waals surface area contributed by atoms with Crippen molar-refractivity contribution < 1.29 is 14.9 Å². The van der Waals surface area contributed by atoms with E-state index in [1.54, 1.807) is 36.4 Å². The SMILES string of the molecule is COc1cccc(CNCC(O)c2ccc(Cl)cc2Cl)c1O. The molecule has 0 heterocycles. The Hall–Kier alpha value is -1.46. The van der Waals surface area contributed by atoms with Gasteiger partial charge in [-0.05, 0) is 18.2 Å². The third kappa shape index (κ3) is 4.05. The highest BCUT2D eigenvalue weighted by molar-refractivity contribution is 6.35. The number of phenols is 1. The number of rotatable bonds is 6. The number of phenolic OH excluding ortho intramolecular Hbond substituents is 1. The summed E-state index contributed by atoms with van der Waals surface area (Å²) in [5, 5.41) is 24.2. The van der Waals surface area contributed by atoms with Gasteiger partial charge in [0.2, 0.25) is 0 Å². The summed E-state index contributed by atoms with van der Waals surface area (Å²) in [5.41, 5.74) is 1.29. The Balaban J connectivity index is 1.96. The zero-order valence-corrected chi connectivity index (χ0v) is 13.5. The lowest BCUT2D eigenvalue weighted by Gasteiger charge is -2.15. The van der Waals surface area contributed by atoms with Crippen LogP contribution in [0.5, 0.6) is 11.5 Å². The van der Waals surface area contributed by atoms with E-state index in [4.69, 9.17) is 27.9 Å². The second-order valence-electron chi connectivity index (χ2n) is 4.78. The van der Waals surface area contributed by atoms with Gasteiger partial charge in [0.25, 0.3) is 0 Å². The number of halogens is 2. The molecule has 22 heavy (non-hydrogen) atoms. The maximum absolute atomic E-state index is 10.2. The maximum atomic E-state index is 10.2. The number of aromatic hydroxyl groups is 1. The van der Waals surface area contributed by atoms with Crippen LogP contribution in [0.2, 0.25) is 10.0 Å². The Labute approximate surface area is 139 Å². The molecule has 0 radical (unpaired) electrons. The highest BCUT2D eigenvalue weighted by Crippen LogP contribution is 2.29. The molecule has 0 aliphatic rings. The van der Waals surface area contributed by atoms with Crippen molar-refractivity contribution in [1.29, 1.82) is 0 Å². The summed E-state index contributed by atoms with van der Waals surface area (Å²) in [6.07, 6.45) is -0.766. The summed E-state index contributed by atoms with van der Waals surface area (Å²) in [6, 6.07) is 10.2. The standard InChI is InChI=1S/C16H17Cl2NO3/c1-22-15-4-2-3-10(16(15)21)8-19-9-14(20)12-6-5-11(17)7-13(12)18/h2-7,14,19-21H,8-9H2,1H3. The zero-order chi connectivity index (χ0) is 16.1. The van der Waals surface area contributed by atoms with Crippen LogP contribution >= 0.6 is 23.2 Å². The predicted octanol–water partition coefficient (Wildman–Crippen LogP) is 3.53. The average molecular weight is 342 g/mol. The lowest BCUT2D eigenvalue weighted by atomic mass is 10.1. The van der Waals surface area contributed by atoms with Crippen LogP contribution in [-0.2, 0) is 6.54 Å². The van der Waals surface area contributed by atoms with Crippen LogP contribution in [0.4, 0.5) is 0 Å². The van der Waals surface area contributed by atoms with Crippen molar-refractivity contribution in [2.45, 2.75) is 12.6 Å². The molecule has 4 nitrogen and oxygen atoms in total. The van der Waals surface area contributed by atoms with Gasteiger partial charge in [-0.1, -0.05) is 41.4 Å². The van der Waals surface area contributed by atoms with E-state index in [0.29, 0.717) is 33.5 Å². The smallest absolute Gasteiger partial charge is 0.162 e. The molecular weight excluding hydrogens is 325 g/mol. The molecule has 6 heteroatoms. The summed E-state index contributed by atoms with van der Waals surface area (Å²) in [4.78, 5) is 0. The minimum Gasteiger partial charge on any atom is -0.504 e. The van der Waals surface area contributed by atoms with Crippen molar-refractivity contribution >= 4 is 23.2 Å². The molecule has 0 saturated carbocycles. The number of hydrogen-bond acceptors (Lipinski definition) is 4. The molecule has 1 atom stereocenters. The second-order valence-corrected chi connectivity index (χ2v) is 5.62. The number of benzene rings is 2. The monoisotopic (exact) mass is 341 g/mol. The van der Waals surface area contributed by atoms with Crippen LogP contribution in [0.1, 0.15) is 17.2 Å². The minimum absolute atomic E-state index is 0.0940. The fraction of sp³-hybridized carbons (Fsp3) is 0.250. The van der Waals surface area contributed by atoms with Gasteiger partial charge in [0.05, 0.1) is 13.2 Å². The van der Waals surface area contributed by atoms with Crippen molar-refractivity contribution in [2.75, 3.05) is 13.7 Å². The molecule has 0 aromatic heterocycles. The van der Waals surface area contributed by atoms with Crippen molar-refractivity contribution in [3.8, 4) is 11.5 Å². The van der Waals surface area contributed by atoms with E-state index in [1.165, 1.54) is 7.11 Å². The molecular formula is C16H17Cl2NO3. The van der Waals surface area contributed by atoms with E-state index < -0.39 is 6.10 Å². The van der Waals surface area contributed by atoms with E-state index in [1.807, 2.05) is 0 Å². The van der Waals surface area contributed by atoms with Gasteiger partial charge in [0, 0.05) is 34.3 Å². The molecule has 2 aromatic carbocycles. The molecule has 0 spiro atoms. The van der Waals surface area contributed by atoms with Gasteiger partial charge in [0.15, 0.2) is 11.5 Å². The number of para-hydroxylation sites is 1. The fourth-order valence-corrected chi connectivity index (χ4v) is 2.63. The Morgan fingerprint density at radius 2 is 2.00 bits per heavy atom. The molecule has 0 aliphatic carbocycles. The van der Waals surface area contributed by atoms with Gasteiger partial charge in [0.1, 0.15) is 0 Å². The first-order chi connectivity index (χ1) is 10.5. The number of nitrogens with one attached hydrogen (secondary N) is 1. The Bertz CT molecular complexity index is 649. The number of aliphatic hydroxyl groups excluding tert-OH is 1. The van der Waals surface area contributed by atoms with Crippen LogP contribution in [0, 0.1) is 0 Å².